The third-order valence-corrected chi connectivity index (χ3v) is 3.03. The first-order valence-corrected chi connectivity index (χ1v) is 6.33. The SMILES string of the molecule is CC1CC(CN=C(N)Nc2ccccn2)CCO1. The Morgan fingerprint density at radius 1 is 1.61 bits per heavy atom. The number of nitrogens with two attached hydrogens (primary N) is 1. The Labute approximate surface area is 107 Å². The van der Waals surface area contributed by atoms with Crippen LogP contribution in [0.25, 0.3) is 0 Å². The summed E-state index contributed by atoms with van der Waals surface area (Å²) in [5, 5.41) is 2.98. The van der Waals surface area contributed by atoms with Crippen LogP contribution >= 0.6 is 0 Å². The molecule has 0 bridgehead atoms. The van der Waals surface area contributed by atoms with Crippen molar-refractivity contribution in [2.75, 3.05) is 18.5 Å². The molecule has 5 nitrogen and oxygen atoms in total. The Morgan fingerprint density at radius 2 is 2.50 bits per heavy atom. The maximum atomic E-state index is 5.83. The zero-order chi connectivity index (χ0) is 12.8. The van der Waals surface area contributed by atoms with Crippen molar-refractivity contribution >= 4 is 11.8 Å². The van der Waals surface area contributed by atoms with E-state index in [4.69, 9.17) is 10.5 Å². The quantitative estimate of drug-likeness (QED) is 0.630. The summed E-state index contributed by atoms with van der Waals surface area (Å²) < 4.78 is 5.51. The van der Waals surface area contributed by atoms with E-state index in [-0.39, 0.29) is 0 Å². The molecule has 1 saturated heterocycles. The van der Waals surface area contributed by atoms with E-state index in [0.717, 1.165) is 31.8 Å². The average molecular weight is 248 g/mol. The van der Waals surface area contributed by atoms with Crippen molar-refractivity contribution < 1.29 is 4.74 Å². The minimum Gasteiger partial charge on any atom is -0.378 e. The standard InChI is InChI=1S/C13H20N4O/c1-10-8-11(5-7-18-10)9-16-13(14)17-12-4-2-3-6-15-12/h2-4,6,10-11H,5,7-9H2,1H3,(H3,14,15,16,17). The van der Waals surface area contributed by atoms with Gasteiger partial charge in [-0.05, 0) is 37.8 Å². The maximum Gasteiger partial charge on any atom is 0.194 e. The molecule has 0 aliphatic carbocycles. The number of rotatable bonds is 3. The molecular formula is C13H20N4O. The molecule has 0 radical (unpaired) electrons. The van der Waals surface area contributed by atoms with Gasteiger partial charge in [-0.15, -0.1) is 0 Å². The number of nitrogens with zero attached hydrogens (tertiary/aromatic N) is 2. The van der Waals surface area contributed by atoms with Crippen LogP contribution < -0.4 is 11.1 Å². The molecule has 5 heteroatoms. The Bertz CT molecular complexity index is 393. The van der Waals surface area contributed by atoms with Gasteiger partial charge in [-0.1, -0.05) is 6.07 Å². The van der Waals surface area contributed by atoms with Gasteiger partial charge < -0.3 is 15.8 Å². The summed E-state index contributed by atoms with van der Waals surface area (Å²) in [6, 6.07) is 5.63. The number of guanidine groups is 1. The molecule has 1 fully saturated rings. The second-order valence-electron chi connectivity index (χ2n) is 4.64. The number of pyridine rings is 1. The Hall–Kier alpha value is -1.62. The van der Waals surface area contributed by atoms with Gasteiger partial charge in [0, 0.05) is 19.3 Å². The fraction of sp³-hybridized carbons (Fsp3) is 0.538. The fourth-order valence-corrected chi connectivity index (χ4v) is 2.09. The highest BCUT2D eigenvalue weighted by atomic mass is 16.5. The summed E-state index contributed by atoms with van der Waals surface area (Å²) in [5.74, 6) is 1.71. The van der Waals surface area contributed by atoms with Crippen molar-refractivity contribution in [3.63, 3.8) is 0 Å². The number of anilines is 1. The predicted molar refractivity (Wildman–Crippen MR) is 72.5 cm³/mol. The second-order valence-corrected chi connectivity index (χ2v) is 4.64. The van der Waals surface area contributed by atoms with Gasteiger partial charge in [0.1, 0.15) is 5.82 Å². The highest BCUT2D eigenvalue weighted by Crippen LogP contribution is 2.19. The van der Waals surface area contributed by atoms with E-state index in [9.17, 15) is 0 Å². The average Bonchev–Trinajstić information content (AvgIpc) is 2.38. The topological polar surface area (TPSA) is 72.5 Å². The van der Waals surface area contributed by atoms with Crippen molar-refractivity contribution in [1.29, 1.82) is 0 Å². The van der Waals surface area contributed by atoms with Crippen LogP contribution in [0.2, 0.25) is 0 Å². The summed E-state index contributed by atoms with van der Waals surface area (Å²) in [6.07, 6.45) is 4.17. The summed E-state index contributed by atoms with van der Waals surface area (Å²) in [6.45, 7) is 3.68. The lowest BCUT2D eigenvalue weighted by Gasteiger charge is -2.26. The molecule has 1 aromatic heterocycles. The highest BCUT2D eigenvalue weighted by Gasteiger charge is 2.18. The monoisotopic (exact) mass is 248 g/mol. The van der Waals surface area contributed by atoms with E-state index >= 15 is 0 Å². The lowest BCUT2D eigenvalue weighted by atomic mass is 9.96. The summed E-state index contributed by atoms with van der Waals surface area (Å²) >= 11 is 0. The minimum absolute atomic E-state index is 0.337. The molecule has 0 saturated carbocycles. The fourth-order valence-electron chi connectivity index (χ4n) is 2.09. The molecule has 0 aromatic carbocycles. The zero-order valence-corrected chi connectivity index (χ0v) is 10.7. The van der Waals surface area contributed by atoms with E-state index < -0.39 is 0 Å². The maximum absolute atomic E-state index is 5.83. The molecule has 1 aliphatic heterocycles. The van der Waals surface area contributed by atoms with Crippen LogP contribution in [-0.2, 0) is 4.74 Å². The number of aromatic nitrogens is 1. The molecule has 18 heavy (non-hydrogen) atoms. The van der Waals surface area contributed by atoms with Crippen LogP contribution in [0.1, 0.15) is 19.8 Å². The smallest absolute Gasteiger partial charge is 0.194 e. The van der Waals surface area contributed by atoms with E-state index in [1.807, 2.05) is 18.2 Å². The highest BCUT2D eigenvalue weighted by molar-refractivity contribution is 5.91. The lowest BCUT2D eigenvalue weighted by molar-refractivity contribution is 0.00482. The van der Waals surface area contributed by atoms with Gasteiger partial charge in [0.2, 0.25) is 0 Å². The number of hydrogen-bond acceptors (Lipinski definition) is 3. The lowest BCUT2D eigenvalue weighted by Crippen LogP contribution is -2.28. The van der Waals surface area contributed by atoms with E-state index in [0.29, 0.717) is 18.0 Å². The van der Waals surface area contributed by atoms with E-state index in [1.165, 1.54) is 0 Å². The van der Waals surface area contributed by atoms with Crippen molar-refractivity contribution in [1.82, 2.24) is 4.98 Å². The van der Waals surface area contributed by atoms with Crippen molar-refractivity contribution in [3.8, 4) is 0 Å². The Balaban J connectivity index is 1.81. The summed E-state index contributed by atoms with van der Waals surface area (Å²) in [4.78, 5) is 8.50. The van der Waals surface area contributed by atoms with Gasteiger partial charge >= 0.3 is 0 Å². The summed E-state index contributed by atoms with van der Waals surface area (Å²) in [5.41, 5.74) is 5.83. The van der Waals surface area contributed by atoms with Crippen LogP contribution in [0.4, 0.5) is 5.82 Å². The van der Waals surface area contributed by atoms with Crippen LogP contribution in [0, 0.1) is 5.92 Å². The number of aliphatic imine (C=N–C) groups is 1. The van der Waals surface area contributed by atoms with Gasteiger partial charge in [-0.25, -0.2) is 4.98 Å². The number of ether oxygens (including phenoxy) is 1. The van der Waals surface area contributed by atoms with Gasteiger partial charge in [-0.3, -0.25) is 4.99 Å². The third kappa shape index (κ3) is 4.00. The Morgan fingerprint density at radius 3 is 3.22 bits per heavy atom. The van der Waals surface area contributed by atoms with Gasteiger partial charge in [0.25, 0.3) is 0 Å². The first-order chi connectivity index (χ1) is 8.74. The van der Waals surface area contributed by atoms with Crippen molar-refractivity contribution in [2.45, 2.75) is 25.9 Å². The molecule has 2 unspecified atom stereocenters. The van der Waals surface area contributed by atoms with Crippen LogP contribution in [0.15, 0.2) is 29.4 Å². The largest absolute Gasteiger partial charge is 0.378 e. The predicted octanol–water partition coefficient (Wildman–Crippen LogP) is 1.62. The molecular weight excluding hydrogens is 228 g/mol. The Kier molecular flexibility index (Phi) is 4.52. The molecule has 0 amide bonds. The van der Waals surface area contributed by atoms with E-state index in [2.05, 4.69) is 22.2 Å². The first-order valence-electron chi connectivity index (χ1n) is 6.33. The number of nitrogens with one attached hydrogen (secondary N) is 1. The molecule has 1 aromatic rings. The molecule has 0 spiro atoms. The second kappa shape index (κ2) is 6.35. The molecule has 2 rings (SSSR count). The molecule has 98 valence electrons. The van der Waals surface area contributed by atoms with Crippen LogP contribution in [0.5, 0.6) is 0 Å². The van der Waals surface area contributed by atoms with Gasteiger partial charge in [0.15, 0.2) is 5.96 Å². The third-order valence-electron chi connectivity index (χ3n) is 3.03. The normalized spacial score (nSPS) is 24.8. The van der Waals surface area contributed by atoms with Crippen molar-refractivity contribution in [3.05, 3.63) is 24.4 Å². The van der Waals surface area contributed by atoms with E-state index in [1.54, 1.807) is 6.20 Å². The number of hydrogen-bond donors (Lipinski definition) is 2. The van der Waals surface area contributed by atoms with Gasteiger partial charge in [0.05, 0.1) is 6.10 Å². The van der Waals surface area contributed by atoms with Crippen LogP contribution in [-0.4, -0.2) is 30.2 Å². The van der Waals surface area contributed by atoms with Crippen LogP contribution in [0.3, 0.4) is 0 Å². The molecule has 2 atom stereocenters. The minimum atomic E-state index is 0.337. The molecule has 1 aliphatic rings. The summed E-state index contributed by atoms with van der Waals surface area (Å²) in [7, 11) is 0. The van der Waals surface area contributed by atoms with Crippen molar-refractivity contribution in [2.24, 2.45) is 16.6 Å². The zero-order valence-electron chi connectivity index (χ0n) is 10.7. The first kappa shape index (κ1) is 12.8. The molecule has 2 heterocycles. The van der Waals surface area contributed by atoms with Gasteiger partial charge in [-0.2, -0.15) is 0 Å². The molecule has 3 N–H and O–H groups in total.